The Morgan fingerprint density at radius 2 is 2.06 bits per heavy atom. The fraction of sp³-hybridized carbons (Fsp3) is 0.0833. The Bertz CT molecular complexity index is 590. The van der Waals surface area contributed by atoms with Gasteiger partial charge in [0.1, 0.15) is 10.7 Å². The summed E-state index contributed by atoms with van der Waals surface area (Å²) in [4.78, 5) is 12.1. The van der Waals surface area contributed by atoms with Crippen LogP contribution in [0.5, 0.6) is 0 Å². The lowest BCUT2D eigenvalue weighted by Crippen LogP contribution is -2.13. The summed E-state index contributed by atoms with van der Waals surface area (Å²) in [5, 5.41) is 6.32. The van der Waals surface area contributed by atoms with Crippen molar-refractivity contribution in [2.45, 2.75) is 6.92 Å². The van der Waals surface area contributed by atoms with Gasteiger partial charge >= 0.3 is 0 Å². The van der Waals surface area contributed by atoms with Crippen LogP contribution in [-0.2, 0) is 0 Å². The third-order valence-corrected chi connectivity index (χ3v) is 2.52. The van der Waals surface area contributed by atoms with Crippen molar-refractivity contribution >= 4 is 28.8 Å². The van der Waals surface area contributed by atoms with E-state index in [1.807, 2.05) is 0 Å². The van der Waals surface area contributed by atoms with Gasteiger partial charge in [-0.1, -0.05) is 17.4 Å². The Labute approximate surface area is 109 Å². The van der Waals surface area contributed by atoms with Crippen molar-refractivity contribution in [2.75, 3.05) is 5.32 Å². The predicted octanol–water partition coefficient (Wildman–Crippen LogP) is 1.87. The van der Waals surface area contributed by atoms with Crippen LogP contribution < -0.4 is 11.1 Å². The molecule has 0 saturated heterocycles. The number of nitrogens with zero attached hydrogens (tertiary/aromatic N) is 1. The molecule has 3 N–H and O–H groups in total. The number of carbonyl (C=O) groups excluding carboxylic acids is 1. The maximum atomic E-state index is 11.8. The van der Waals surface area contributed by atoms with Crippen LogP contribution in [0.2, 0.25) is 0 Å². The second kappa shape index (κ2) is 4.97. The van der Waals surface area contributed by atoms with E-state index in [2.05, 4.69) is 10.5 Å². The maximum absolute atomic E-state index is 11.8. The molecule has 1 amide bonds. The molecule has 1 heterocycles. The molecule has 0 spiro atoms. The van der Waals surface area contributed by atoms with Crippen molar-refractivity contribution < 1.29 is 9.32 Å². The third-order valence-electron chi connectivity index (χ3n) is 2.29. The lowest BCUT2D eigenvalue weighted by molar-refractivity contribution is 0.101. The van der Waals surface area contributed by atoms with E-state index in [0.717, 1.165) is 5.56 Å². The molecule has 0 unspecified atom stereocenters. The van der Waals surface area contributed by atoms with Gasteiger partial charge in [0, 0.05) is 17.3 Å². The summed E-state index contributed by atoms with van der Waals surface area (Å²) < 4.78 is 4.83. The van der Waals surface area contributed by atoms with E-state index < -0.39 is 0 Å². The Morgan fingerprint density at radius 1 is 1.39 bits per heavy atom. The smallest absolute Gasteiger partial charge is 0.277 e. The summed E-state index contributed by atoms with van der Waals surface area (Å²) in [6, 6.07) is 8.50. The van der Waals surface area contributed by atoms with Crippen molar-refractivity contribution in [1.82, 2.24) is 5.16 Å². The number of aryl methyl sites for hydroxylation is 1. The molecule has 2 rings (SSSR count). The van der Waals surface area contributed by atoms with Crippen LogP contribution >= 0.6 is 12.2 Å². The van der Waals surface area contributed by atoms with Gasteiger partial charge in [0.2, 0.25) is 0 Å². The van der Waals surface area contributed by atoms with Crippen molar-refractivity contribution in [3.05, 3.63) is 47.3 Å². The lowest BCUT2D eigenvalue weighted by Gasteiger charge is -2.03. The van der Waals surface area contributed by atoms with Crippen LogP contribution in [0.25, 0.3) is 0 Å². The molecule has 0 atom stereocenters. The summed E-state index contributed by atoms with van der Waals surface area (Å²) in [5.74, 6) is 0.263. The fourth-order valence-corrected chi connectivity index (χ4v) is 1.52. The molecular weight excluding hydrogens is 250 g/mol. The van der Waals surface area contributed by atoms with Gasteiger partial charge in [0.05, 0.1) is 0 Å². The van der Waals surface area contributed by atoms with E-state index in [-0.39, 0.29) is 11.6 Å². The first-order valence-corrected chi connectivity index (χ1v) is 5.61. The van der Waals surface area contributed by atoms with E-state index in [1.54, 1.807) is 37.3 Å². The van der Waals surface area contributed by atoms with Crippen molar-refractivity contribution in [2.24, 2.45) is 5.73 Å². The highest BCUT2D eigenvalue weighted by atomic mass is 32.1. The number of amides is 1. The normalized spacial score (nSPS) is 10.1. The first kappa shape index (κ1) is 12.3. The summed E-state index contributed by atoms with van der Waals surface area (Å²) in [7, 11) is 0. The average Bonchev–Trinajstić information content (AvgIpc) is 2.76. The van der Waals surface area contributed by atoms with Gasteiger partial charge in [0.15, 0.2) is 5.69 Å². The number of aromatic nitrogens is 1. The van der Waals surface area contributed by atoms with Gasteiger partial charge in [-0.15, -0.1) is 0 Å². The topological polar surface area (TPSA) is 81.2 Å². The summed E-state index contributed by atoms with van der Waals surface area (Å²) >= 11 is 4.84. The molecule has 0 aliphatic rings. The highest BCUT2D eigenvalue weighted by molar-refractivity contribution is 7.80. The first-order chi connectivity index (χ1) is 8.56. The van der Waals surface area contributed by atoms with Gasteiger partial charge in [-0.25, -0.2) is 0 Å². The number of anilines is 1. The van der Waals surface area contributed by atoms with Gasteiger partial charge in [0.25, 0.3) is 5.91 Å². The zero-order valence-corrected chi connectivity index (χ0v) is 10.5. The number of nitrogens with one attached hydrogen (secondary N) is 1. The molecule has 0 bridgehead atoms. The van der Waals surface area contributed by atoms with Gasteiger partial charge in [-0.2, -0.15) is 0 Å². The molecular formula is C12H11N3O2S. The molecule has 92 valence electrons. The first-order valence-electron chi connectivity index (χ1n) is 5.21. The SMILES string of the molecule is Cc1cc(C(=O)Nc2ccc(C(N)=S)cc2)no1. The largest absolute Gasteiger partial charge is 0.389 e. The van der Waals surface area contributed by atoms with Gasteiger partial charge < -0.3 is 15.6 Å². The number of carbonyl (C=O) groups is 1. The minimum absolute atomic E-state index is 0.242. The number of rotatable bonds is 3. The Kier molecular flexibility index (Phi) is 3.38. The number of benzene rings is 1. The average molecular weight is 261 g/mol. The molecule has 18 heavy (non-hydrogen) atoms. The Morgan fingerprint density at radius 3 is 2.56 bits per heavy atom. The molecule has 6 heteroatoms. The molecule has 0 saturated carbocycles. The molecule has 5 nitrogen and oxygen atoms in total. The minimum Gasteiger partial charge on any atom is -0.389 e. The van der Waals surface area contributed by atoms with Gasteiger partial charge in [-0.3, -0.25) is 4.79 Å². The molecule has 2 aromatic rings. The Balaban J connectivity index is 2.10. The van der Waals surface area contributed by atoms with Gasteiger partial charge in [-0.05, 0) is 31.2 Å². The molecule has 1 aromatic heterocycles. The summed E-state index contributed by atoms with van der Waals surface area (Å²) in [6.45, 7) is 1.72. The minimum atomic E-state index is -0.324. The van der Waals surface area contributed by atoms with Crippen LogP contribution in [0.3, 0.4) is 0 Å². The van der Waals surface area contributed by atoms with E-state index in [4.69, 9.17) is 22.5 Å². The van der Waals surface area contributed by atoms with Crippen LogP contribution in [0.1, 0.15) is 21.8 Å². The zero-order valence-electron chi connectivity index (χ0n) is 9.64. The quantitative estimate of drug-likeness (QED) is 0.824. The van der Waals surface area contributed by atoms with Crippen LogP contribution in [0.15, 0.2) is 34.9 Å². The van der Waals surface area contributed by atoms with Crippen LogP contribution in [0.4, 0.5) is 5.69 Å². The maximum Gasteiger partial charge on any atom is 0.277 e. The van der Waals surface area contributed by atoms with Crippen molar-refractivity contribution in [3.8, 4) is 0 Å². The molecule has 0 fully saturated rings. The van der Waals surface area contributed by atoms with Crippen LogP contribution in [0, 0.1) is 6.92 Å². The second-order valence-electron chi connectivity index (χ2n) is 3.72. The van der Waals surface area contributed by atoms with E-state index in [0.29, 0.717) is 16.4 Å². The third kappa shape index (κ3) is 2.72. The second-order valence-corrected chi connectivity index (χ2v) is 4.16. The van der Waals surface area contributed by atoms with Crippen molar-refractivity contribution in [1.29, 1.82) is 0 Å². The van der Waals surface area contributed by atoms with E-state index in [1.165, 1.54) is 0 Å². The van der Waals surface area contributed by atoms with Crippen LogP contribution in [-0.4, -0.2) is 16.1 Å². The standard InChI is InChI=1S/C12H11N3O2S/c1-7-6-10(15-17-7)12(16)14-9-4-2-8(3-5-9)11(13)18/h2-6H,1H3,(H2,13,18)(H,14,16). The Hall–Kier alpha value is -2.21. The molecule has 1 aromatic carbocycles. The summed E-state index contributed by atoms with van der Waals surface area (Å²) in [6.07, 6.45) is 0. The number of hydrogen-bond acceptors (Lipinski definition) is 4. The highest BCUT2D eigenvalue weighted by Gasteiger charge is 2.10. The monoisotopic (exact) mass is 261 g/mol. The highest BCUT2D eigenvalue weighted by Crippen LogP contribution is 2.11. The molecule has 0 radical (unpaired) electrons. The van der Waals surface area contributed by atoms with Crippen molar-refractivity contribution in [3.63, 3.8) is 0 Å². The number of hydrogen-bond donors (Lipinski definition) is 2. The molecule has 0 aliphatic heterocycles. The zero-order chi connectivity index (χ0) is 13.1. The van der Waals surface area contributed by atoms with E-state index >= 15 is 0 Å². The number of thiocarbonyl (C=S) groups is 1. The summed E-state index contributed by atoms with van der Waals surface area (Å²) in [5.41, 5.74) is 7.11. The lowest BCUT2D eigenvalue weighted by atomic mass is 10.2. The van der Waals surface area contributed by atoms with E-state index in [9.17, 15) is 4.79 Å². The number of nitrogens with two attached hydrogens (primary N) is 1. The fourth-order valence-electron chi connectivity index (χ4n) is 1.39. The molecule has 0 aliphatic carbocycles. The predicted molar refractivity (Wildman–Crippen MR) is 71.5 cm³/mol.